The Bertz CT molecular complexity index is 546. The Labute approximate surface area is 106 Å². The van der Waals surface area contributed by atoms with Crippen LogP contribution in [0.3, 0.4) is 0 Å². The van der Waals surface area contributed by atoms with Crippen LogP contribution in [0.15, 0.2) is 36.7 Å². The summed E-state index contributed by atoms with van der Waals surface area (Å²) in [5.41, 5.74) is 1.21. The van der Waals surface area contributed by atoms with E-state index in [2.05, 4.69) is 5.10 Å². The predicted octanol–water partition coefficient (Wildman–Crippen LogP) is 2.44. The fraction of sp³-hybridized carbons (Fsp3) is 0.286. The number of ether oxygens (including phenoxy) is 1. The van der Waals surface area contributed by atoms with Crippen LogP contribution in [0.2, 0.25) is 0 Å². The number of nitrogens with zero attached hydrogens (tertiary/aromatic N) is 2. The van der Waals surface area contributed by atoms with Crippen LogP contribution < -0.4 is 4.74 Å². The fourth-order valence-electron chi connectivity index (χ4n) is 1.65. The van der Waals surface area contributed by atoms with E-state index in [0.29, 0.717) is 17.7 Å². The summed E-state index contributed by atoms with van der Waals surface area (Å²) in [6, 6.07) is 7.24. The summed E-state index contributed by atoms with van der Waals surface area (Å²) >= 11 is 0. The highest BCUT2D eigenvalue weighted by Crippen LogP contribution is 2.16. The third-order valence-electron chi connectivity index (χ3n) is 2.54. The topological polar surface area (TPSA) is 44.1 Å². The highest BCUT2D eigenvalue weighted by atomic mass is 16.5. The Morgan fingerprint density at radius 2 is 2.22 bits per heavy atom. The number of hydrogen-bond donors (Lipinski definition) is 0. The van der Waals surface area contributed by atoms with Gasteiger partial charge in [-0.25, -0.2) is 0 Å². The molecule has 94 valence electrons. The van der Waals surface area contributed by atoms with Crippen LogP contribution in [0, 0.1) is 0 Å². The van der Waals surface area contributed by atoms with Crippen LogP contribution in [0.5, 0.6) is 5.75 Å². The highest BCUT2D eigenvalue weighted by molar-refractivity contribution is 6.08. The molecule has 0 saturated heterocycles. The summed E-state index contributed by atoms with van der Waals surface area (Å²) < 4.78 is 7.13. The van der Waals surface area contributed by atoms with E-state index in [1.54, 1.807) is 36.3 Å². The maximum atomic E-state index is 12.2. The van der Waals surface area contributed by atoms with E-state index in [1.165, 1.54) is 0 Å². The van der Waals surface area contributed by atoms with Gasteiger partial charge in [0.1, 0.15) is 5.75 Å². The van der Waals surface area contributed by atoms with Gasteiger partial charge in [0, 0.05) is 18.8 Å². The molecule has 0 atom stereocenters. The van der Waals surface area contributed by atoms with E-state index in [9.17, 15) is 4.79 Å². The quantitative estimate of drug-likeness (QED) is 0.759. The zero-order chi connectivity index (χ0) is 13.0. The zero-order valence-corrected chi connectivity index (χ0v) is 10.6. The lowest BCUT2D eigenvalue weighted by molar-refractivity contribution is 0.103. The predicted molar refractivity (Wildman–Crippen MR) is 68.9 cm³/mol. The average Bonchev–Trinajstić information content (AvgIpc) is 2.82. The Morgan fingerprint density at radius 1 is 1.39 bits per heavy atom. The number of rotatable bonds is 5. The molecule has 4 heteroatoms. The summed E-state index contributed by atoms with van der Waals surface area (Å²) in [5.74, 6) is 0.691. The number of aromatic nitrogens is 2. The van der Waals surface area contributed by atoms with E-state index in [-0.39, 0.29) is 5.78 Å². The van der Waals surface area contributed by atoms with Gasteiger partial charge in [0.15, 0.2) is 5.78 Å². The second kappa shape index (κ2) is 5.49. The number of benzene rings is 1. The third-order valence-corrected chi connectivity index (χ3v) is 2.54. The summed E-state index contributed by atoms with van der Waals surface area (Å²) in [4.78, 5) is 12.2. The largest absolute Gasteiger partial charge is 0.494 e. The van der Waals surface area contributed by atoms with Gasteiger partial charge in [0.2, 0.25) is 0 Å². The standard InChI is InChI=1S/C14H16N2O2/c1-3-7-18-13-6-4-5-11(8-13)14(17)12-9-15-16(2)10-12/h4-6,8-10H,3,7H2,1-2H3. The Balaban J connectivity index is 2.20. The molecule has 0 aliphatic heterocycles. The van der Waals surface area contributed by atoms with Crippen LogP contribution >= 0.6 is 0 Å². The monoisotopic (exact) mass is 244 g/mol. The van der Waals surface area contributed by atoms with Crippen molar-refractivity contribution in [2.24, 2.45) is 7.05 Å². The van der Waals surface area contributed by atoms with Gasteiger partial charge in [0.05, 0.1) is 18.4 Å². The zero-order valence-electron chi connectivity index (χ0n) is 10.6. The van der Waals surface area contributed by atoms with E-state index >= 15 is 0 Å². The van der Waals surface area contributed by atoms with Gasteiger partial charge >= 0.3 is 0 Å². The molecule has 0 fully saturated rings. The van der Waals surface area contributed by atoms with Crippen LogP contribution in [-0.4, -0.2) is 22.2 Å². The Hall–Kier alpha value is -2.10. The van der Waals surface area contributed by atoms with Crippen molar-refractivity contribution >= 4 is 5.78 Å². The first-order chi connectivity index (χ1) is 8.70. The van der Waals surface area contributed by atoms with Crippen LogP contribution in [0.1, 0.15) is 29.3 Å². The molecule has 0 N–H and O–H groups in total. The molecular weight excluding hydrogens is 228 g/mol. The van der Waals surface area contributed by atoms with Crippen molar-refractivity contribution in [1.29, 1.82) is 0 Å². The molecule has 1 aromatic heterocycles. The van der Waals surface area contributed by atoms with Gasteiger partial charge in [-0.15, -0.1) is 0 Å². The number of aryl methyl sites for hydroxylation is 1. The van der Waals surface area contributed by atoms with Gasteiger partial charge in [-0.3, -0.25) is 9.48 Å². The number of carbonyl (C=O) groups excluding carboxylic acids is 1. The molecule has 0 aliphatic carbocycles. The summed E-state index contributed by atoms with van der Waals surface area (Å²) in [7, 11) is 1.79. The van der Waals surface area contributed by atoms with Gasteiger partial charge < -0.3 is 4.74 Å². The highest BCUT2D eigenvalue weighted by Gasteiger charge is 2.11. The smallest absolute Gasteiger partial charge is 0.196 e. The molecule has 2 rings (SSSR count). The number of ketones is 1. The normalized spacial score (nSPS) is 10.3. The summed E-state index contributed by atoms with van der Waals surface area (Å²) in [5, 5.41) is 4.00. The first kappa shape index (κ1) is 12.4. The van der Waals surface area contributed by atoms with Gasteiger partial charge in [-0.2, -0.15) is 5.10 Å². The molecule has 2 aromatic rings. The number of hydrogen-bond acceptors (Lipinski definition) is 3. The Kier molecular flexibility index (Phi) is 3.77. The minimum atomic E-state index is -0.0370. The fourth-order valence-corrected chi connectivity index (χ4v) is 1.65. The SMILES string of the molecule is CCCOc1cccc(C(=O)c2cnn(C)c2)c1. The van der Waals surface area contributed by atoms with Crippen LogP contribution in [0.4, 0.5) is 0 Å². The molecule has 0 saturated carbocycles. The van der Waals surface area contributed by atoms with Crippen molar-refractivity contribution in [3.63, 3.8) is 0 Å². The van der Waals surface area contributed by atoms with Crippen molar-refractivity contribution in [2.75, 3.05) is 6.61 Å². The van der Waals surface area contributed by atoms with E-state index in [4.69, 9.17) is 4.74 Å². The molecule has 0 bridgehead atoms. The van der Waals surface area contributed by atoms with Gasteiger partial charge in [-0.05, 0) is 18.6 Å². The minimum absolute atomic E-state index is 0.0370. The molecule has 4 nitrogen and oxygen atoms in total. The van der Waals surface area contributed by atoms with E-state index < -0.39 is 0 Å². The molecule has 1 aromatic carbocycles. The maximum absolute atomic E-state index is 12.2. The van der Waals surface area contributed by atoms with Crippen molar-refractivity contribution in [3.05, 3.63) is 47.8 Å². The summed E-state index contributed by atoms with van der Waals surface area (Å²) in [6.45, 7) is 2.70. The van der Waals surface area contributed by atoms with Gasteiger partial charge in [-0.1, -0.05) is 19.1 Å². The van der Waals surface area contributed by atoms with Crippen LogP contribution in [-0.2, 0) is 7.05 Å². The van der Waals surface area contributed by atoms with Crippen LogP contribution in [0.25, 0.3) is 0 Å². The molecule has 0 radical (unpaired) electrons. The third kappa shape index (κ3) is 2.77. The molecule has 18 heavy (non-hydrogen) atoms. The molecule has 1 heterocycles. The van der Waals surface area contributed by atoms with E-state index in [0.717, 1.165) is 12.2 Å². The second-order valence-corrected chi connectivity index (χ2v) is 4.11. The average molecular weight is 244 g/mol. The van der Waals surface area contributed by atoms with Crippen molar-refractivity contribution in [1.82, 2.24) is 9.78 Å². The second-order valence-electron chi connectivity index (χ2n) is 4.11. The first-order valence-corrected chi connectivity index (χ1v) is 5.97. The first-order valence-electron chi connectivity index (χ1n) is 5.97. The van der Waals surface area contributed by atoms with Crippen molar-refractivity contribution < 1.29 is 9.53 Å². The Morgan fingerprint density at radius 3 is 2.89 bits per heavy atom. The molecule has 0 spiro atoms. The molecule has 0 aliphatic rings. The lowest BCUT2D eigenvalue weighted by Gasteiger charge is -2.05. The van der Waals surface area contributed by atoms with E-state index in [1.807, 2.05) is 19.1 Å². The van der Waals surface area contributed by atoms with Crippen molar-refractivity contribution in [3.8, 4) is 5.75 Å². The molecule has 0 unspecified atom stereocenters. The maximum Gasteiger partial charge on any atom is 0.196 e. The van der Waals surface area contributed by atoms with Crippen molar-refractivity contribution in [2.45, 2.75) is 13.3 Å². The molecule has 0 amide bonds. The summed E-state index contributed by atoms with van der Waals surface area (Å²) in [6.07, 6.45) is 4.23. The van der Waals surface area contributed by atoms with Gasteiger partial charge in [0.25, 0.3) is 0 Å². The number of carbonyl (C=O) groups is 1. The molecular formula is C14H16N2O2. The lowest BCUT2D eigenvalue weighted by Crippen LogP contribution is -2.01. The lowest BCUT2D eigenvalue weighted by atomic mass is 10.1. The minimum Gasteiger partial charge on any atom is -0.494 e.